The first-order valence-corrected chi connectivity index (χ1v) is 11.7. The van der Waals surface area contributed by atoms with E-state index in [2.05, 4.69) is 114 Å². The molecular weight excluding hydrogens is 486 g/mol. The van der Waals surface area contributed by atoms with Crippen LogP contribution in [0.2, 0.25) is 0 Å². The third-order valence-corrected chi connectivity index (χ3v) is 8.54. The van der Waals surface area contributed by atoms with Gasteiger partial charge in [-0.15, -0.1) is 31.5 Å². The standard InChI is InChI=1S/C23H14B2Br2N2/c26-24-15-5-1-3-7-19(15)28-13-29-20-8-4-2-6-16(20)25(27)18-12-10-14-9-11-17(24)22(28)21(14)23(18)29/h1-12H,13H2. The summed E-state index contributed by atoms with van der Waals surface area (Å²) >= 11 is 8.00. The van der Waals surface area contributed by atoms with Gasteiger partial charge in [-0.3, -0.25) is 0 Å². The number of hydrogen-bond donors (Lipinski definition) is 0. The van der Waals surface area contributed by atoms with E-state index in [0.717, 1.165) is 6.67 Å². The first-order valence-electron chi connectivity index (χ1n) is 9.84. The van der Waals surface area contributed by atoms with Crippen LogP contribution in [0.25, 0.3) is 10.8 Å². The summed E-state index contributed by atoms with van der Waals surface area (Å²) in [6.07, 6.45) is 0. The van der Waals surface area contributed by atoms with Crippen molar-refractivity contribution < 1.29 is 0 Å². The van der Waals surface area contributed by atoms with Crippen LogP contribution in [0.5, 0.6) is 0 Å². The quantitative estimate of drug-likeness (QED) is 0.340. The normalized spacial score (nSPS) is 15.5. The summed E-state index contributed by atoms with van der Waals surface area (Å²) in [5.41, 5.74) is 11.1. The molecule has 7 rings (SSSR count). The minimum absolute atomic E-state index is 0.215. The molecule has 0 unspecified atom stereocenters. The van der Waals surface area contributed by atoms with Crippen LogP contribution in [0.15, 0.2) is 72.8 Å². The highest BCUT2D eigenvalue weighted by Gasteiger charge is 2.41. The van der Waals surface area contributed by atoms with Crippen LogP contribution in [0.1, 0.15) is 0 Å². The van der Waals surface area contributed by atoms with Crippen LogP contribution in [-0.4, -0.2) is 17.7 Å². The van der Waals surface area contributed by atoms with Crippen LogP contribution in [0.3, 0.4) is 0 Å². The van der Waals surface area contributed by atoms with Crippen molar-refractivity contribution in [3.63, 3.8) is 0 Å². The molecule has 0 atom stereocenters. The Morgan fingerprint density at radius 2 is 1.07 bits per heavy atom. The average Bonchev–Trinajstić information content (AvgIpc) is 2.78. The van der Waals surface area contributed by atoms with Crippen molar-refractivity contribution in [3.05, 3.63) is 72.8 Å². The molecule has 0 saturated carbocycles. The molecule has 2 nitrogen and oxygen atoms in total. The molecule has 0 bridgehead atoms. The van der Waals surface area contributed by atoms with E-state index in [1.165, 1.54) is 55.4 Å². The lowest BCUT2D eigenvalue weighted by Gasteiger charge is -2.47. The van der Waals surface area contributed by atoms with Crippen LogP contribution in [0.4, 0.5) is 22.7 Å². The van der Waals surface area contributed by atoms with Crippen LogP contribution in [-0.2, 0) is 0 Å². The Morgan fingerprint density at radius 1 is 0.586 bits per heavy atom. The van der Waals surface area contributed by atoms with Crippen LogP contribution >= 0.6 is 31.5 Å². The van der Waals surface area contributed by atoms with Gasteiger partial charge in [-0.2, -0.15) is 0 Å². The highest BCUT2D eigenvalue weighted by atomic mass is 79.9. The minimum Gasteiger partial charge on any atom is -0.323 e. The van der Waals surface area contributed by atoms with E-state index in [1.54, 1.807) is 0 Å². The largest absolute Gasteiger partial charge is 0.323 e. The zero-order valence-corrected chi connectivity index (χ0v) is 18.6. The molecule has 3 heterocycles. The Balaban J connectivity index is 1.64. The average molecular weight is 500 g/mol. The van der Waals surface area contributed by atoms with Gasteiger partial charge in [0.25, 0.3) is 11.1 Å². The lowest BCUT2D eigenvalue weighted by atomic mass is 9.57. The van der Waals surface area contributed by atoms with Gasteiger partial charge in [0.1, 0.15) is 0 Å². The van der Waals surface area contributed by atoms with Crippen molar-refractivity contribution in [2.45, 2.75) is 0 Å². The van der Waals surface area contributed by atoms with Gasteiger partial charge in [0.15, 0.2) is 0 Å². The smallest absolute Gasteiger partial charge is 0.291 e. The summed E-state index contributed by atoms with van der Waals surface area (Å²) < 4.78 is 0. The second-order valence-electron chi connectivity index (χ2n) is 7.95. The molecule has 0 amide bonds. The number of halogens is 2. The molecule has 0 aromatic heterocycles. The first-order chi connectivity index (χ1) is 14.2. The summed E-state index contributed by atoms with van der Waals surface area (Å²) in [5.74, 6) is 0. The van der Waals surface area contributed by atoms with E-state index < -0.39 is 0 Å². The Morgan fingerprint density at radius 3 is 1.59 bits per heavy atom. The zero-order valence-electron chi connectivity index (χ0n) is 15.4. The number of rotatable bonds is 0. The van der Waals surface area contributed by atoms with Gasteiger partial charge in [0.05, 0.1) is 6.67 Å². The molecule has 0 N–H and O–H groups in total. The molecule has 0 aliphatic carbocycles. The number of nitrogens with zero attached hydrogens (tertiary/aromatic N) is 2. The van der Waals surface area contributed by atoms with Gasteiger partial charge in [0, 0.05) is 28.1 Å². The number of para-hydroxylation sites is 2. The number of hydrogen-bond acceptors (Lipinski definition) is 2. The fraction of sp³-hybridized carbons (Fsp3) is 0.0435. The summed E-state index contributed by atoms with van der Waals surface area (Å²) in [6, 6.07) is 26.7. The van der Waals surface area contributed by atoms with Gasteiger partial charge >= 0.3 is 0 Å². The highest BCUT2D eigenvalue weighted by Crippen LogP contribution is 2.46. The maximum Gasteiger partial charge on any atom is 0.291 e. The van der Waals surface area contributed by atoms with Gasteiger partial charge in [-0.25, -0.2) is 0 Å². The third kappa shape index (κ3) is 1.99. The molecule has 3 aliphatic rings. The predicted molar refractivity (Wildman–Crippen MR) is 134 cm³/mol. The molecule has 4 aromatic rings. The Labute approximate surface area is 186 Å². The number of benzene rings is 4. The van der Waals surface area contributed by atoms with Crippen molar-refractivity contribution in [1.29, 1.82) is 0 Å². The van der Waals surface area contributed by atoms with Crippen LogP contribution < -0.4 is 31.7 Å². The van der Waals surface area contributed by atoms with Crippen LogP contribution in [0, 0.1) is 0 Å². The number of fused-ring (bicyclic) bond motifs is 4. The van der Waals surface area contributed by atoms with Crippen molar-refractivity contribution in [1.82, 2.24) is 0 Å². The lowest BCUT2D eigenvalue weighted by molar-refractivity contribution is 0.923. The summed E-state index contributed by atoms with van der Waals surface area (Å²) in [7, 11) is 0. The monoisotopic (exact) mass is 498 g/mol. The van der Waals surface area contributed by atoms with Gasteiger partial charge in [0.2, 0.25) is 0 Å². The predicted octanol–water partition coefficient (Wildman–Crippen LogP) is 3.72. The molecule has 6 heteroatoms. The maximum absolute atomic E-state index is 4.00. The van der Waals surface area contributed by atoms with Crippen molar-refractivity contribution in [3.8, 4) is 0 Å². The van der Waals surface area contributed by atoms with E-state index in [9.17, 15) is 0 Å². The molecule has 0 spiro atoms. The molecular formula is C23H14B2Br2N2. The topological polar surface area (TPSA) is 6.48 Å². The summed E-state index contributed by atoms with van der Waals surface area (Å²) in [4.78, 5) is 5.01. The first kappa shape index (κ1) is 16.6. The van der Waals surface area contributed by atoms with E-state index in [4.69, 9.17) is 0 Å². The van der Waals surface area contributed by atoms with Crippen molar-refractivity contribution in [2.75, 3.05) is 16.5 Å². The fourth-order valence-electron chi connectivity index (χ4n) is 5.31. The Bertz CT molecular complexity index is 1260. The Hall–Kier alpha value is -2.17. The number of anilines is 4. The molecule has 0 radical (unpaired) electrons. The zero-order chi connectivity index (χ0) is 19.3. The SMILES string of the molecule is BrB1c2ccccc2N2CN3c4ccccc4B(Br)c4ccc5ccc1c2c5c43. The third-order valence-electron chi connectivity index (χ3n) is 6.56. The Kier molecular flexibility index (Phi) is 3.27. The van der Waals surface area contributed by atoms with E-state index in [0.29, 0.717) is 0 Å². The highest BCUT2D eigenvalue weighted by molar-refractivity contribution is 9.25. The molecule has 136 valence electrons. The van der Waals surface area contributed by atoms with Gasteiger partial charge in [-0.1, -0.05) is 60.7 Å². The second kappa shape index (κ2) is 5.71. The molecule has 4 aromatic carbocycles. The molecule has 29 heavy (non-hydrogen) atoms. The van der Waals surface area contributed by atoms with Gasteiger partial charge < -0.3 is 9.80 Å². The molecule has 0 saturated heterocycles. The lowest BCUT2D eigenvalue weighted by Crippen LogP contribution is -2.55. The minimum atomic E-state index is 0.215. The summed E-state index contributed by atoms with van der Waals surface area (Å²) in [6.45, 7) is 0.823. The van der Waals surface area contributed by atoms with Crippen molar-refractivity contribution in [2.24, 2.45) is 0 Å². The summed E-state index contributed by atoms with van der Waals surface area (Å²) in [5, 5.41) is 2.67. The second-order valence-corrected chi connectivity index (χ2v) is 9.78. The molecule has 3 aliphatic heterocycles. The van der Waals surface area contributed by atoms with E-state index >= 15 is 0 Å². The molecule has 0 fully saturated rings. The van der Waals surface area contributed by atoms with Gasteiger partial charge in [-0.05, 0) is 39.4 Å². The maximum atomic E-state index is 4.00. The van der Waals surface area contributed by atoms with Crippen molar-refractivity contribution >= 4 is 98.0 Å². The van der Waals surface area contributed by atoms with E-state index in [-0.39, 0.29) is 11.1 Å². The van der Waals surface area contributed by atoms with E-state index in [1.807, 2.05) is 0 Å². The fourth-order valence-corrected chi connectivity index (χ4v) is 6.82.